The summed E-state index contributed by atoms with van der Waals surface area (Å²) >= 11 is 0. The van der Waals surface area contributed by atoms with Crippen LogP contribution in [0.5, 0.6) is 5.75 Å². The van der Waals surface area contributed by atoms with Crippen molar-refractivity contribution in [1.82, 2.24) is 9.80 Å². The van der Waals surface area contributed by atoms with E-state index in [1.165, 1.54) is 5.56 Å². The van der Waals surface area contributed by atoms with Crippen LogP contribution in [-0.4, -0.2) is 77.5 Å². The number of piperazine rings is 1. The fraction of sp³-hybridized carbons (Fsp3) is 0.679. The molecule has 2 aliphatic heterocycles. The second-order valence-corrected chi connectivity index (χ2v) is 10.4. The average Bonchev–Trinajstić information content (AvgIpc) is 3.33. The Morgan fingerprint density at radius 1 is 1.21 bits per heavy atom. The first-order valence-electron chi connectivity index (χ1n) is 13.3. The van der Waals surface area contributed by atoms with Crippen molar-refractivity contribution in [3.8, 4) is 5.75 Å². The van der Waals surface area contributed by atoms with Crippen molar-refractivity contribution >= 4 is 5.91 Å². The monoisotopic (exact) mass is 470 g/mol. The van der Waals surface area contributed by atoms with E-state index in [4.69, 9.17) is 4.74 Å². The molecule has 1 saturated carbocycles. The van der Waals surface area contributed by atoms with E-state index in [1.54, 1.807) is 0 Å². The molecule has 0 unspecified atom stereocenters. The van der Waals surface area contributed by atoms with E-state index in [1.807, 2.05) is 17.1 Å². The lowest BCUT2D eigenvalue weighted by atomic mass is 9.86. The van der Waals surface area contributed by atoms with Crippen LogP contribution in [0.25, 0.3) is 0 Å². The Kier molecular flexibility index (Phi) is 8.67. The van der Waals surface area contributed by atoms with Gasteiger partial charge in [0.1, 0.15) is 11.9 Å². The molecule has 188 valence electrons. The molecule has 1 amide bonds. The van der Waals surface area contributed by atoms with E-state index >= 15 is 0 Å². The van der Waals surface area contributed by atoms with Crippen LogP contribution in [0.4, 0.5) is 0 Å². The molecule has 0 aromatic heterocycles. The van der Waals surface area contributed by atoms with Gasteiger partial charge in [0.25, 0.3) is 0 Å². The van der Waals surface area contributed by atoms with Crippen LogP contribution in [0.15, 0.2) is 30.4 Å². The molecule has 1 aromatic carbocycles. The van der Waals surface area contributed by atoms with Crippen molar-refractivity contribution in [2.45, 2.75) is 82.5 Å². The van der Waals surface area contributed by atoms with Gasteiger partial charge in [0.2, 0.25) is 5.91 Å². The molecule has 4 rings (SSSR count). The predicted molar refractivity (Wildman–Crippen MR) is 134 cm³/mol. The number of para-hydroxylation sites is 1. The highest BCUT2D eigenvalue weighted by Gasteiger charge is 2.48. The molecule has 1 saturated heterocycles. The summed E-state index contributed by atoms with van der Waals surface area (Å²) in [6.45, 7) is 5.71. The van der Waals surface area contributed by atoms with E-state index < -0.39 is 12.2 Å². The van der Waals surface area contributed by atoms with E-state index in [-0.39, 0.29) is 23.8 Å². The van der Waals surface area contributed by atoms with Crippen LogP contribution >= 0.6 is 0 Å². The summed E-state index contributed by atoms with van der Waals surface area (Å²) in [6.07, 6.45) is 9.84. The molecule has 0 bridgehead atoms. The average molecular weight is 471 g/mol. The first-order chi connectivity index (χ1) is 16.5. The van der Waals surface area contributed by atoms with Gasteiger partial charge in [0.05, 0.1) is 12.2 Å². The smallest absolute Gasteiger partial charge is 0.222 e. The van der Waals surface area contributed by atoms with Gasteiger partial charge in [-0.1, -0.05) is 56.5 Å². The van der Waals surface area contributed by atoms with E-state index in [0.29, 0.717) is 12.8 Å². The van der Waals surface area contributed by atoms with E-state index in [0.717, 1.165) is 76.0 Å². The molecule has 6 nitrogen and oxygen atoms in total. The molecule has 1 aliphatic carbocycles. The number of aliphatic hydroxyl groups is 2. The van der Waals surface area contributed by atoms with Crippen LogP contribution in [-0.2, 0) is 11.2 Å². The first-order valence-corrected chi connectivity index (χ1v) is 13.3. The number of hydrogen-bond donors (Lipinski definition) is 2. The van der Waals surface area contributed by atoms with Crippen molar-refractivity contribution in [2.24, 2.45) is 5.92 Å². The molecule has 0 radical (unpaired) electrons. The minimum absolute atomic E-state index is 0.0231. The fourth-order valence-corrected chi connectivity index (χ4v) is 5.77. The second-order valence-electron chi connectivity index (χ2n) is 10.4. The lowest BCUT2D eigenvalue weighted by Gasteiger charge is -2.32. The minimum Gasteiger partial charge on any atom is -0.489 e. The molecular formula is C28H42N2O4. The summed E-state index contributed by atoms with van der Waals surface area (Å²) < 4.78 is 6.38. The topological polar surface area (TPSA) is 73.2 Å². The van der Waals surface area contributed by atoms with Gasteiger partial charge in [0, 0.05) is 56.4 Å². The highest BCUT2D eigenvalue weighted by Crippen LogP contribution is 2.52. The van der Waals surface area contributed by atoms with Gasteiger partial charge in [-0.15, -0.1) is 0 Å². The fourth-order valence-electron chi connectivity index (χ4n) is 5.77. The van der Waals surface area contributed by atoms with Crippen LogP contribution in [0.1, 0.15) is 68.9 Å². The number of hydrogen-bond acceptors (Lipinski definition) is 5. The molecule has 6 heteroatoms. The zero-order valence-electron chi connectivity index (χ0n) is 20.9. The molecule has 2 heterocycles. The SMILES string of the molecule is CCCCC[C@H](O)C=C[C@@H]1[C@H]2c3cccc(CCCC(=O)N4CCN(C)CC4)c3O[C@H]2C[C@H]1O. The number of unbranched alkanes of at least 4 members (excludes halogenated alkanes) is 2. The summed E-state index contributed by atoms with van der Waals surface area (Å²) in [5.74, 6) is 1.29. The van der Waals surface area contributed by atoms with Crippen molar-refractivity contribution in [3.63, 3.8) is 0 Å². The van der Waals surface area contributed by atoms with Gasteiger partial charge >= 0.3 is 0 Å². The number of aryl methyl sites for hydroxylation is 1. The van der Waals surface area contributed by atoms with Gasteiger partial charge in [0.15, 0.2) is 0 Å². The predicted octanol–water partition coefficient (Wildman–Crippen LogP) is 3.51. The highest BCUT2D eigenvalue weighted by molar-refractivity contribution is 5.76. The summed E-state index contributed by atoms with van der Waals surface area (Å²) in [5.41, 5.74) is 2.33. The van der Waals surface area contributed by atoms with Gasteiger partial charge in [-0.05, 0) is 31.9 Å². The molecule has 1 aromatic rings. The standard InChI is InChI=1S/C28H42N2O4/c1-3-4-5-10-21(31)13-14-22-24(32)19-25-27(22)23-11-6-8-20(28(23)34-25)9-7-12-26(33)30-17-15-29(2)16-18-30/h6,8,11,13-14,21-22,24-25,27,31-32H,3-5,7,9-10,12,15-19H2,1-2H3/t21-,22-,24+,25-,27-/m0/s1. The number of rotatable bonds is 10. The summed E-state index contributed by atoms with van der Waals surface area (Å²) in [4.78, 5) is 16.9. The molecule has 0 spiro atoms. The third-order valence-electron chi connectivity index (χ3n) is 7.84. The van der Waals surface area contributed by atoms with Crippen molar-refractivity contribution in [3.05, 3.63) is 41.5 Å². The Bertz CT molecular complexity index is 849. The van der Waals surface area contributed by atoms with Gasteiger partial charge in [-0.2, -0.15) is 0 Å². The van der Waals surface area contributed by atoms with Crippen molar-refractivity contribution in [1.29, 1.82) is 0 Å². The zero-order chi connectivity index (χ0) is 24.1. The van der Waals surface area contributed by atoms with Gasteiger partial charge in [-0.3, -0.25) is 4.79 Å². The number of carbonyl (C=O) groups is 1. The van der Waals surface area contributed by atoms with Gasteiger partial charge in [-0.25, -0.2) is 0 Å². The Morgan fingerprint density at radius 2 is 2.00 bits per heavy atom. The molecule has 34 heavy (non-hydrogen) atoms. The van der Waals surface area contributed by atoms with Crippen LogP contribution in [0.3, 0.4) is 0 Å². The Hall–Kier alpha value is -1.89. The summed E-state index contributed by atoms with van der Waals surface area (Å²) in [6, 6.07) is 6.31. The number of likely N-dealkylation sites (N-methyl/N-ethyl adjacent to an activating group) is 1. The van der Waals surface area contributed by atoms with Crippen LogP contribution in [0, 0.1) is 5.92 Å². The maximum Gasteiger partial charge on any atom is 0.222 e. The van der Waals surface area contributed by atoms with Crippen LogP contribution in [0.2, 0.25) is 0 Å². The Balaban J connectivity index is 1.36. The lowest BCUT2D eigenvalue weighted by Crippen LogP contribution is -2.47. The maximum atomic E-state index is 12.6. The minimum atomic E-state index is -0.455. The van der Waals surface area contributed by atoms with E-state index in [9.17, 15) is 15.0 Å². The number of fused-ring (bicyclic) bond motifs is 3. The van der Waals surface area contributed by atoms with E-state index in [2.05, 4.69) is 37.1 Å². The Morgan fingerprint density at radius 3 is 2.76 bits per heavy atom. The first kappa shape index (κ1) is 25.2. The molecular weight excluding hydrogens is 428 g/mol. The number of carbonyl (C=O) groups excluding carboxylic acids is 1. The third-order valence-corrected chi connectivity index (χ3v) is 7.84. The zero-order valence-corrected chi connectivity index (χ0v) is 20.9. The van der Waals surface area contributed by atoms with Crippen molar-refractivity contribution < 1.29 is 19.7 Å². The normalized spacial score (nSPS) is 27.6. The second kappa shape index (κ2) is 11.7. The molecule has 2 fully saturated rings. The number of ether oxygens (including phenoxy) is 1. The van der Waals surface area contributed by atoms with Crippen molar-refractivity contribution in [2.75, 3.05) is 33.2 Å². The van der Waals surface area contributed by atoms with Gasteiger partial charge < -0.3 is 24.7 Å². The van der Waals surface area contributed by atoms with Crippen LogP contribution < -0.4 is 4.74 Å². The Labute approximate surface area is 204 Å². The molecule has 2 N–H and O–H groups in total. The largest absolute Gasteiger partial charge is 0.489 e. The lowest BCUT2D eigenvalue weighted by molar-refractivity contribution is -0.132. The number of aliphatic hydroxyl groups excluding tert-OH is 2. The summed E-state index contributed by atoms with van der Waals surface area (Å²) in [7, 11) is 2.10. The highest BCUT2D eigenvalue weighted by atomic mass is 16.5. The quantitative estimate of drug-likeness (QED) is 0.404. The number of amides is 1. The third kappa shape index (κ3) is 5.84. The maximum absolute atomic E-state index is 12.6. The molecule has 3 aliphatic rings. The number of nitrogens with zero attached hydrogens (tertiary/aromatic N) is 2. The molecule has 5 atom stereocenters. The summed E-state index contributed by atoms with van der Waals surface area (Å²) in [5, 5.41) is 21.0. The number of benzene rings is 1.